The first-order chi connectivity index (χ1) is 13.5. The van der Waals surface area contributed by atoms with Crippen LogP contribution in [0.3, 0.4) is 0 Å². The molecule has 3 heterocycles. The van der Waals surface area contributed by atoms with Crippen LogP contribution < -0.4 is 4.74 Å². The van der Waals surface area contributed by atoms with Crippen molar-refractivity contribution in [3.05, 3.63) is 40.5 Å². The molecular weight excluding hydrogens is 372 g/mol. The highest BCUT2D eigenvalue weighted by atomic mass is 32.1. The number of likely N-dealkylation sites (tertiary alicyclic amines) is 1. The topological polar surface area (TPSA) is 62.9 Å². The molecule has 0 bridgehead atoms. The number of nitrogens with zero attached hydrogens (tertiary/aromatic N) is 4. The van der Waals surface area contributed by atoms with Gasteiger partial charge in [-0.15, -0.1) is 5.10 Å². The smallest absolute Gasteiger partial charge is 0.230 e. The highest BCUT2D eigenvalue weighted by molar-refractivity contribution is 7.17. The maximum atomic E-state index is 11.0. The van der Waals surface area contributed by atoms with Crippen molar-refractivity contribution in [2.75, 3.05) is 20.2 Å². The lowest BCUT2D eigenvalue weighted by atomic mass is 9.89. The highest BCUT2D eigenvalue weighted by Gasteiger charge is 2.33. The third-order valence-electron chi connectivity index (χ3n) is 5.48. The molecule has 0 saturated carbocycles. The summed E-state index contributed by atoms with van der Waals surface area (Å²) in [5.74, 6) is 3.02. The van der Waals surface area contributed by atoms with Crippen molar-refractivity contribution in [3.8, 4) is 11.6 Å². The Morgan fingerprint density at radius 2 is 2.04 bits per heavy atom. The van der Waals surface area contributed by atoms with Gasteiger partial charge in [-0.25, -0.2) is 4.98 Å². The molecule has 0 aliphatic carbocycles. The van der Waals surface area contributed by atoms with Crippen molar-refractivity contribution in [1.82, 2.24) is 19.5 Å². The zero-order valence-corrected chi connectivity index (χ0v) is 17.7. The third kappa shape index (κ3) is 3.49. The van der Waals surface area contributed by atoms with Crippen LogP contribution in [0, 0.1) is 11.8 Å². The highest BCUT2D eigenvalue weighted by Crippen LogP contribution is 2.42. The summed E-state index contributed by atoms with van der Waals surface area (Å²) in [4.78, 5) is 8.69. The lowest BCUT2D eigenvalue weighted by Gasteiger charge is -2.40. The van der Waals surface area contributed by atoms with E-state index in [9.17, 15) is 5.11 Å². The zero-order chi connectivity index (χ0) is 19.8. The molecule has 0 amide bonds. The second kappa shape index (κ2) is 7.72. The average molecular weight is 401 g/mol. The van der Waals surface area contributed by atoms with Crippen LogP contribution in [-0.2, 0) is 6.42 Å². The quantitative estimate of drug-likeness (QED) is 0.698. The Labute approximate surface area is 169 Å². The van der Waals surface area contributed by atoms with E-state index in [1.165, 1.54) is 17.8 Å². The Morgan fingerprint density at radius 1 is 1.29 bits per heavy atom. The standard InChI is InChI=1S/C21H28N4O2S/c1-5-17-22-21-25(23-17)20(26)19(28-21)18(15-7-6-8-16(10-15)27-4)24-11-13(2)9-14(3)12-24/h6-8,10,13-14,18,26H,5,9,11-12H2,1-4H3/t13-,14-,18+/m0/s1. The molecular formula is C21H28N4O2S. The molecule has 1 aromatic carbocycles. The Kier molecular flexibility index (Phi) is 5.29. The fourth-order valence-electron chi connectivity index (χ4n) is 4.38. The zero-order valence-electron chi connectivity index (χ0n) is 16.9. The van der Waals surface area contributed by atoms with Crippen LogP contribution in [0.25, 0.3) is 4.96 Å². The number of thiazole rings is 1. The molecule has 3 aromatic rings. The van der Waals surface area contributed by atoms with Crippen molar-refractivity contribution in [2.24, 2.45) is 11.8 Å². The minimum absolute atomic E-state index is 0.0427. The first-order valence-electron chi connectivity index (χ1n) is 9.95. The lowest BCUT2D eigenvalue weighted by Crippen LogP contribution is -2.41. The van der Waals surface area contributed by atoms with Gasteiger partial charge in [-0.1, -0.05) is 44.2 Å². The second-order valence-corrected chi connectivity index (χ2v) is 8.95. The number of aryl methyl sites for hydroxylation is 1. The fourth-order valence-corrected chi connectivity index (χ4v) is 5.52. The van der Waals surface area contributed by atoms with Gasteiger partial charge < -0.3 is 9.84 Å². The summed E-state index contributed by atoms with van der Waals surface area (Å²) in [5.41, 5.74) is 1.12. The van der Waals surface area contributed by atoms with Gasteiger partial charge >= 0.3 is 0 Å². The molecule has 2 aromatic heterocycles. The summed E-state index contributed by atoms with van der Waals surface area (Å²) in [5, 5.41) is 15.5. The van der Waals surface area contributed by atoms with E-state index in [0.717, 1.165) is 46.5 Å². The number of rotatable bonds is 5. The maximum Gasteiger partial charge on any atom is 0.230 e. The molecule has 1 fully saturated rings. The normalized spacial score (nSPS) is 21.9. The van der Waals surface area contributed by atoms with Crippen LogP contribution in [-0.4, -0.2) is 44.8 Å². The van der Waals surface area contributed by atoms with E-state index in [2.05, 4.69) is 41.0 Å². The first kappa shape index (κ1) is 19.2. The summed E-state index contributed by atoms with van der Waals surface area (Å²) in [6.45, 7) is 8.63. The molecule has 6 nitrogen and oxygen atoms in total. The summed E-state index contributed by atoms with van der Waals surface area (Å²) >= 11 is 1.53. The van der Waals surface area contributed by atoms with Crippen LogP contribution in [0.4, 0.5) is 0 Å². The molecule has 3 atom stereocenters. The van der Waals surface area contributed by atoms with E-state index in [-0.39, 0.29) is 11.9 Å². The summed E-state index contributed by atoms with van der Waals surface area (Å²) < 4.78 is 7.05. The molecule has 1 aliphatic rings. The molecule has 150 valence electrons. The van der Waals surface area contributed by atoms with Gasteiger partial charge in [0, 0.05) is 19.5 Å². The number of ether oxygens (including phenoxy) is 1. The van der Waals surface area contributed by atoms with Gasteiger partial charge in [0.2, 0.25) is 10.8 Å². The number of fused-ring (bicyclic) bond motifs is 1. The van der Waals surface area contributed by atoms with Crippen molar-refractivity contribution < 1.29 is 9.84 Å². The van der Waals surface area contributed by atoms with Gasteiger partial charge in [-0.05, 0) is 36.0 Å². The van der Waals surface area contributed by atoms with Crippen molar-refractivity contribution in [1.29, 1.82) is 0 Å². The summed E-state index contributed by atoms with van der Waals surface area (Å²) in [6, 6.07) is 8.11. The molecule has 0 spiro atoms. The van der Waals surface area contributed by atoms with E-state index < -0.39 is 0 Å². The van der Waals surface area contributed by atoms with E-state index in [4.69, 9.17) is 4.74 Å². The number of methoxy groups -OCH3 is 1. The molecule has 28 heavy (non-hydrogen) atoms. The molecule has 7 heteroatoms. The van der Waals surface area contributed by atoms with Gasteiger partial charge in [0.25, 0.3) is 0 Å². The fraction of sp³-hybridized carbons (Fsp3) is 0.524. The number of aromatic nitrogens is 3. The van der Waals surface area contributed by atoms with Crippen molar-refractivity contribution in [3.63, 3.8) is 0 Å². The van der Waals surface area contributed by atoms with Crippen LogP contribution in [0.1, 0.15) is 49.5 Å². The van der Waals surface area contributed by atoms with E-state index in [1.807, 2.05) is 19.1 Å². The van der Waals surface area contributed by atoms with Crippen LogP contribution in [0.5, 0.6) is 11.6 Å². The monoisotopic (exact) mass is 400 g/mol. The Morgan fingerprint density at radius 3 is 2.68 bits per heavy atom. The second-order valence-electron chi connectivity index (χ2n) is 7.94. The first-order valence-corrected chi connectivity index (χ1v) is 10.8. The number of hydrogen-bond acceptors (Lipinski definition) is 6. The van der Waals surface area contributed by atoms with Gasteiger partial charge in [0.15, 0.2) is 5.82 Å². The van der Waals surface area contributed by atoms with E-state index in [1.54, 1.807) is 11.6 Å². The Hall–Kier alpha value is -2.12. The Balaban J connectivity index is 1.82. The van der Waals surface area contributed by atoms with Crippen LogP contribution in [0.15, 0.2) is 24.3 Å². The van der Waals surface area contributed by atoms with E-state index in [0.29, 0.717) is 11.8 Å². The molecule has 0 radical (unpaired) electrons. The van der Waals surface area contributed by atoms with Crippen molar-refractivity contribution >= 4 is 16.3 Å². The lowest BCUT2D eigenvalue weighted by molar-refractivity contribution is 0.111. The number of piperidine rings is 1. The predicted molar refractivity (Wildman–Crippen MR) is 111 cm³/mol. The summed E-state index contributed by atoms with van der Waals surface area (Å²) in [7, 11) is 1.69. The van der Waals surface area contributed by atoms with Gasteiger partial charge in [0.1, 0.15) is 5.75 Å². The molecule has 1 aliphatic heterocycles. The predicted octanol–water partition coefficient (Wildman–Crippen LogP) is 4.13. The minimum atomic E-state index is -0.0427. The van der Waals surface area contributed by atoms with Gasteiger partial charge in [0.05, 0.1) is 18.0 Å². The summed E-state index contributed by atoms with van der Waals surface area (Å²) in [6.07, 6.45) is 1.99. The number of hydrogen-bond donors (Lipinski definition) is 1. The number of benzene rings is 1. The van der Waals surface area contributed by atoms with Gasteiger partial charge in [-0.2, -0.15) is 4.52 Å². The largest absolute Gasteiger partial charge is 0.497 e. The molecule has 0 unspecified atom stereocenters. The van der Waals surface area contributed by atoms with Crippen LogP contribution in [0.2, 0.25) is 0 Å². The minimum Gasteiger partial charge on any atom is -0.497 e. The van der Waals surface area contributed by atoms with Gasteiger partial charge in [-0.3, -0.25) is 4.90 Å². The molecule has 1 N–H and O–H groups in total. The van der Waals surface area contributed by atoms with Crippen LogP contribution >= 0.6 is 11.3 Å². The average Bonchev–Trinajstić information content (AvgIpc) is 3.21. The Bertz CT molecular complexity index is 957. The van der Waals surface area contributed by atoms with E-state index >= 15 is 0 Å². The SMILES string of the molecule is CCc1nc2sc([C@@H](c3cccc(OC)c3)N3C[C@@H](C)C[C@H](C)C3)c(O)n2n1. The third-order valence-corrected chi connectivity index (χ3v) is 6.55. The maximum absolute atomic E-state index is 11.0. The molecule has 4 rings (SSSR count). The van der Waals surface area contributed by atoms with Crippen molar-refractivity contribution in [2.45, 2.75) is 39.7 Å². The number of aromatic hydroxyl groups is 1. The molecule has 1 saturated heterocycles.